The second-order valence-corrected chi connectivity index (χ2v) is 4.42. The van der Waals surface area contributed by atoms with Crippen LogP contribution in [0.15, 0.2) is 18.2 Å². The molecule has 1 saturated carbocycles. The highest BCUT2D eigenvalue weighted by atomic mass is 16.1. The number of fused-ring (bicyclic) bond motifs is 1. The van der Waals surface area contributed by atoms with E-state index in [0.717, 1.165) is 30.7 Å². The fourth-order valence-electron chi connectivity index (χ4n) is 2.48. The quantitative estimate of drug-likeness (QED) is 0.658. The molecule has 2 aliphatic carbocycles. The molecule has 0 amide bonds. The van der Waals surface area contributed by atoms with E-state index in [1.165, 1.54) is 24.0 Å². The third kappa shape index (κ3) is 1.19. The largest absolute Gasteiger partial charge is 0.294 e. The minimum atomic E-state index is 0.355. The van der Waals surface area contributed by atoms with Crippen LogP contribution in [-0.2, 0) is 6.42 Å². The Kier molecular flexibility index (Phi) is 1.73. The number of hydrogen-bond acceptors (Lipinski definition) is 1. The van der Waals surface area contributed by atoms with Gasteiger partial charge in [0.25, 0.3) is 0 Å². The summed E-state index contributed by atoms with van der Waals surface area (Å²) in [5, 5.41) is 0. The Morgan fingerprint density at radius 1 is 1.14 bits per heavy atom. The summed E-state index contributed by atoms with van der Waals surface area (Å²) in [4.78, 5) is 11.7. The molecular weight excluding hydrogens is 172 g/mol. The number of rotatable bonds is 1. The van der Waals surface area contributed by atoms with Crippen molar-refractivity contribution in [2.24, 2.45) is 0 Å². The van der Waals surface area contributed by atoms with Gasteiger partial charge in [0.15, 0.2) is 5.78 Å². The van der Waals surface area contributed by atoms with Crippen LogP contribution in [0.2, 0.25) is 0 Å². The maximum absolute atomic E-state index is 11.7. The Bertz CT molecular complexity index is 388. The van der Waals surface area contributed by atoms with Gasteiger partial charge in [-0.2, -0.15) is 0 Å². The van der Waals surface area contributed by atoms with Crippen molar-refractivity contribution in [3.05, 3.63) is 34.9 Å². The Morgan fingerprint density at radius 2 is 2.00 bits per heavy atom. The van der Waals surface area contributed by atoms with Crippen molar-refractivity contribution >= 4 is 5.78 Å². The highest BCUT2D eigenvalue weighted by Gasteiger charge is 2.29. The van der Waals surface area contributed by atoms with E-state index in [2.05, 4.69) is 12.1 Å². The van der Waals surface area contributed by atoms with Gasteiger partial charge in [0.05, 0.1) is 0 Å². The molecule has 0 atom stereocenters. The molecule has 0 aliphatic heterocycles. The fraction of sp³-hybridized carbons (Fsp3) is 0.462. The topological polar surface area (TPSA) is 17.1 Å². The minimum absolute atomic E-state index is 0.355. The van der Waals surface area contributed by atoms with Crippen LogP contribution in [0.3, 0.4) is 0 Å². The molecule has 2 aliphatic rings. The van der Waals surface area contributed by atoms with Crippen molar-refractivity contribution in [2.45, 2.75) is 38.0 Å². The Balaban J connectivity index is 2.13. The molecule has 0 heterocycles. The third-order valence-corrected chi connectivity index (χ3v) is 3.36. The van der Waals surface area contributed by atoms with Gasteiger partial charge < -0.3 is 0 Å². The summed E-state index contributed by atoms with van der Waals surface area (Å²) in [6, 6.07) is 6.27. The maximum Gasteiger partial charge on any atom is 0.163 e. The van der Waals surface area contributed by atoms with Gasteiger partial charge in [-0.15, -0.1) is 0 Å². The van der Waals surface area contributed by atoms with E-state index in [1.54, 1.807) is 0 Å². The lowest BCUT2D eigenvalue weighted by Crippen LogP contribution is -2.12. The van der Waals surface area contributed by atoms with Gasteiger partial charge in [-0.1, -0.05) is 18.2 Å². The van der Waals surface area contributed by atoms with Crippen molar-refractivity contribution in [3.63, 3.8) is 0 Å². The Hall–Kier alpha value is -1.11. The molecule has 0 radical (unpaired) electrons. The maximum atomic E-state index is 11.7. The second kappa shape index (κ2) is 2.94. The fourth-order valence-corrected chi connectivity index (χ4v) is 2.48. The van der Waals surface area contributed by atoms with Crippen molar-refractivity contribution in [1.29, 1.82) is 0 Å². The number of carbonyl (C=O) groups is 1. The van der Waals surface area contributed by atoms with Gasteiger partial charge in [-0.3, -0.25) is 4.79 Å². The van der Waals surface area contributed by atoms with Crippen LogP contribution in [0.4, 0.5) is 0 Å². The van der Waals surface area contributed by atoms with Gasteiger partial charge >= 0.3 is 0 Å². The van der Waals surface area contributed by atoms with Crippen LogP contribution in [0.5, 0.6) is 0 Å². The summed E-state index contributed by atoms with van der Waals surface area (Å²) < 4.78 is 0. The summed E-state index contributed by atoms with van der Waals surface area (Å²) in [5.74, 6) is 1.13. The van der Waals surface area contributed by atoms with E-state index in [1.807, 2.05) is 6.07 Å². The standard InChI is InChI=1S/C13H14O/c14-13-6-2-4-11-10(9-7-8-9)3-1-5-12(11)13/h1,3,5,9H,2,4,6-8H2. The molecule has 0 bridgehead atoms. The van der Waals surface area contributed by atoms with E-state index in [4.69, 9.17) is 0 Å². The van der Waals surface area contributed by atoms with Gasteiger partial charge in [-0.05, 0) is 42.7 Å². The molecule has 0 spiro atoms. The summed E-state index contributed by atoms with van der Waals surface area (Å²) in [6.45, 7) is 0. The molecule has 0 saturated heterocycles. The molecule has 1 nitrogen and oxygen atoms in total. The first-order chi connectivity index (χ1) is 6.86. The number of hydrogen-bond donors (Lipinski definition) is 0. The SMILES string of the molecule is O=C1CCCc2c1cccc2C1CC1. The molecule has 0 unspecified atom stereocenters. The number of ketones is 1. The lowest BCUT2D eigenvalue weighted by atomic mass is 9.86. The van der Waals surface area contributed by atoms with Crippen LogP contribution in [0.25, 0.3) is 0 Å². The molecular formula is C13H14O. The zero-order valence-corrected chi connectivity index (χ0v) is 8.25. The third-order valence-electron chi connectivity index (χ3n) is 3.36. The van der Waals surface area contributed by atoms with E-state index in [0.29, 0.717) is 5.78 Å². The molecule has 72 valence electrons. The molecule has 1 aromatic rings. The van der Waals surface area contributed by atoms with Crippen LogP contribution >= 0.6 is 0 Å². The van der Waals surface area contributed by atoms with E-state index >= 15 is 0 Å². The van der Waals surface area contributed by atoms with Gasteiger partial charge in [0.2, 0.25) is 0 Å². The molecule has 3 rings (SSSR count). The lowest BCUT2D eigenvalue weighted by molar-refractivity contribution is 0.0972. The molecule has 0 aromatic heterocycles. The van der Waals surface area contributed by atoms with E-state index in [9.17, 15) is 4.79 Å². The molecule has 1 heteroatoms. The number of carbonyl (C=O) groups excluding carboxylic acids is 1. The van der Waals surface area contributed by atoms with E-state index < -0.39 is 0 Å². The van der Waals surface area contributed by atoms with Crippen LogP contribution in [0, 0.1) is 0 Å². The molecule has 0 N–H and O–H groups in total. The summed E-state index contributed by atoms with van der Waals surface area (Å²) in [5.41, 5.74) is 3.85. The first kappa shape index (κ1) is 8.22. The van der Waals surface area contributed by atoms with Crippen molar-refractivity contribution in [3.8, 4) is 0 Å². The van der Waals surface area contributed by atoms with Crippen LogP contribution in [-0.4, -0.2) is 5.78 Å². The molecule has 1 aromatic carbocycles. The monoisotopic (exact) mass is 186 g/mol. The van der Waals surface area contributed by atoms with Gasteiger partial charge in [-0.25, -0.2) is 0 Å². The summed E-state index contributed by atoms with van der Waals surface area (Å²) in [6.07, 6.45) is 5.57. The van der Waals surface area contributed by atoms with Crippen LogP contribution < -0.4 is 0 Å². The average molecular weight is 186 g/mol. The van der Waals surface area contributed by atoms with Crippen LogP contribution in [0.1, 0.15) is 53.1 Å². The summed E-state index contributed by atoms with van der Waals surface area (Å²) in [7, 11) is 0. The molecule has 1 fully saturated rings. The normalized spacial score (nSPS) is 20.7. The first-order valence-corrected chi connectivity index (χ1v) is 5.51. The number of benzene rings is 1. The second-order valence-electron chi connectivity index (χ2n) is 4.42. The predicted molar refractivity (Wildman–Crippen MR) is 55.7 cm³/mol. The summed E-state index contributed by atoms with van der Waals surface area (Å²) >= 11 is 0. The van der Waals surface area contributed by atoms with E-state index in [-0.39, 0.29) is 0 Å². The highest BCUT2D eigenvalue weighted by Crippen LogP contribution is 2.43. The lowest BCUT2D eigenvalue weighted by Gasteiger charge is -2.17. The first-order valence-electron chi connectivity index (χ1n) is 5.51. The Morgan fingerprint density at radius 3 is 2.79 bits per heavy atom. The zero-order valence-electron chi connectivity index (χ0n) is 8.25. The van der Waals surface area contributed by atoms with Gasteiger partial charge in [0, 0.05) is 12.0 Å². The smallest absolute Gasteiger partial charge is 0.163 e. The van der Waals surface area contributed by atoms with Crippen molar-refractivity contribution in [1.82, 2.24) is 0 Å². The van der Waals surface area contributed by atoms with Gasteiger partial charge in [0.1, 0.15) is 0 Å². The zero-order chi connectivity index (χ0) is 9.54. The highest BCUT2D eigenvalue weighted by molar-refractivity contribution is 5.98. The minimum Gasteiger partial charge on any atom is -0.294 e. The predicted octanol–water partition coefficient (Wildman–Crippen LogP) is 3.08. The Labute approximate surface area is 84.1 Å². The molecule has 14 heavy (non-hydrogen) atoms. The van der Waals surface area contributed by atoms with Crippen molar-refractivity contribution < 1.29 is 4.79 Å². The number of Topliss-reactive ketones (excluding diaryl/α,β-unsaturated/α-hetero) is 1. The average Bonchev–Trinajstić information content (AvgIpc) is 3.01. The van der Waals surface area contributed by atoms with Crippen molar-refractivity contribution in [2.75, 3.05) is 0 Å².